The summed E-state index contributed by atoms with van der Waals surface area (Å²) < 4.78 is 0. The first-order valence-electron chi connectivity index (χ1n) is 5.25. The molecule has 2 rings (SSSR count). The minimum Gasteiger partial charge on any atom is -0.303 e. The Hall–Kier alpha value is -0.810. The maximum absolute atomic E-state index is 11.0. The van der Waals surface area contributed by atoms with Crippen molar-refractivity contribution in [1.82, 2.24) is 14.9 Å². The number of rotatable bonds is 4. The number of hydrogen-bond acceptors (Lipinski definition) is 4. The van der Waals surface area contributed by atoms with E-state index in [1.807, 2.05) is 0 Å². The van der Waals surface area contributed by atoms with Crippen LogP contribution in [0.25, 0.3) is 0 Å². The van der Waals surface area contributed by atoms with Crippen molar-refractivity contribution in [2.24, 2.45) is 0 Å². The molecule has 0 aliphatic carbocycles. The van der Waals surface area contributed by atoms with Crippen LogP contribution < -0.4 is 5.56 Å². The fraction of sp³-hybridized carbons (Fsp3) is 0.600. The molecule has 1 aromatic heterocycles. The van der Waals surface area contributed by atoms with Gasteiger partial charge in [0.15, 0.2) is 5.16 Å². The zero-order chi connectivity index (χ0) is 10.5. The number of likely N-dealkylation sites (tertiary alicyclic amines) is 1. The fourth-order valence-electron chi connectivity index (χ4n) is 1.70. The van der Waals surface area contributed by atoms with Crippen LogP contribution in [0.15, 0.2) is 22.2 Å². The van der Waals surface area contributed by atoms with Gasteiger partial charge in [0.25, 0.3) is 5.56 Å². The van der Waals surface area contributed by atoms with Crippen molar-refractivity contribution >= 4 is 11.8 Å². The van der Waals surface area contributed by atoms with Crippen molar-refractivity contribution in [2.75, 3.05) is 25.4 Å². The highest BCUT2D eigenvalue weighted by Crippen LogP contribution is 2.12. The van der Waals surface area contributed by atoms with Gasteiger partial charge in [-0.05, 0) is 25.9 Å². The van der Waals surface area contributed by atoms with Crippen LogP contribution in [0.1, 0.15) is 12.8 Å². The normalized spacial score (nSPS) is 17.1. The smallest absolute Gasteiger partial charge is 0.251 e. The topological polar surface area (TPSA) is 49.0 Å². The molecule has 1 aromatic rings. The molecule has 5 heteroatoms. The lowest BCUT2D eigenvalue weighted by Crippen LogP contribution is -2.22. The van der Waals surface area contributed by atoms with Crippen LogP contribution in [0.5, 0.6) is 0 Å². The highest BCUT2D eigenvalue weighted by molar-refractivity contribution is 7.99. The molecule has 15 heavy (non-hydrogen) atoms. The zero-order valence-electron chi connectivity index (χ0n) is 8.61. The Morgan fingerprint density at radius 2 is 2.27 bits per heavy atom. The van der Waals surface area contributed by atoms with Gasteiger partial charge in [0.05, 0.1) is 0 Å². The van der Waals surface area contributed by atoms with Crippen molar-refractivity contribution in [1.29, 1.82) is 0 Å². The predicted molar refractivity (Wildman–Crippen MR) is 61.3 cm³/mol. The van der Waals surface area contributed by atoms with Gasteiger partial charge >= 0.3 is 0 Å². The summed E-state index contributed by atoms with van der Waals surface area (Å²) in [7, 11) is 0. The highest BCUT2D eigenvalue weighted by Gasteiger charge is 2.10. The number of H-pyrrole nitrogens is 1. The second-order valence-corrected chi connectivity index (χ2v) is 4.72. The monoisotopic (exact) mass is 225 g/mol. The summed E-state index contributed by atoms with van der Waals surface area (Å²) in [6.07, 6.45) is 4.20. The molecule has 1 saturated heterocycles. The van der Waals surface area contributed by atoms with Gasteiger partial charge in [0, 0.05) is 24.6 Å². The predicted octanol–water partition coefficient (Wildman–Crippen LogP) is 0.958. The Morgan fingerprint density at radius 1 is 1.47 bits per heavy atom. The minimum atomic E-state index is -0.0753. The Morgan fingerprint density at radius 3 is 3.00 bits per heavy atom. The van der Waals surface area contributed by atoms with Crippen LogP contribution in [-0.4, -0.2) is 40.3 Å². The molecular weight excluding hydrogens is 210 g/mol. The van der Waals surface area contributed by atoms with Crippen LogP contribution in [0.2, 0.25) is 0 Å². The van der Waals surface area contributed by atoms with Crippen LogP contribution >= 0.6 is 11.8 Å². The van der Waals surface area contributed by atoms with Crippen molar-refractivity contribution in [3.63, 3.8) is 0 Å². The third kappa shape index (κ3) is 3.35. The van der Waals surface area contributed by atoms with Crippen molar-refractivity contribution in [2.45, 2.75) is 18.0 Å². The molecule has 0 unspecified atom stereocenters. The summed E-state index contributed by atoms with van der Waals surface area (Å²) in [5, 5.41) is 0.724. The third-order valence-corrected chi connectivity index (χ3v) is 3.36. The molecular formula is C10H15N3OS. The third-order valence-electron chi connectivity index (χ3n) is 2.49. The van der Waals surface area contributed by atoms with E-state index in [-0.39, 0.29) is 5.56 Å². The van der Waals surface area contributed by atoms with E-state index in [0.29, 0.717) is 0 Å². The Kier molecular flexibility index (Phi) is 3.80. The summed E-state index contributed by atoms with van der Waals surface area (Å²) in [5.74, 6) is 0.993. The molecule has 82 valence electrons. The standard InChI is InChI=1S/C10H15N3OS/c14-9-3-4-11-10(12-9)15-8-7-13-5-1-2-6-13/h3-4H,1-2,5-8H2,(H,11,12,14). The molecule has 2 heterocycles. The maximum atomic E-state index is 11.0. The summed E-state index contributed by atoms with van der Waals surface area (Å²) in [6, 6.07) is 1.44. The van der Waals surface area contributed by atoms with E-state index in [4.69, 9.17) is 0 Å². The van der Waals surface area contributed by atoms with Gasteiger partial charge in [-0.1, -0.05) is 11.8 Å². The number of nitrogens with zero attached hydrogens (tertiary/aromatic N) is 2. The van der Waals surface area contributed by atoms with Crippen molar-refractivity contribution in [3.8, 4) is 0 Å². The van der Waals surface area contributed by atoms with Gasteiger partial charge in [-0.15, -0.1) is 0 Å². The van der Waals surface area contributed by atoms with Crippen LogP contribution in [0, 0.1) is 0 Å². The lowest BCUT2D eigenvalue weighted by Gasteiger charge is -2.12. The van der Waals surface area contributed by atoms with E-state index in [2.05, 4.69) is 14.9 Å². The molecule has 1 aliphatic heterocycles. The van der Waals surface area contributed by atoms with Gasteiger partial charge in [-0.25, -0.2) is 4.98 Å². The van der Waals surface area contributed by atoms with Crippen LogP contribution in [-0.2, 0) is 0 Å². The highest BCUT2D eigenvalue weighted by atomic mass is 32.2. The largest absolute Gasteiger partial charge is 0.303 e. The molecule has 0 amide bonds. The van der Waals surface area contributed by atoms with E-state index in [1.54, 1.807) is 18.0 Å². The molecule has 0 aromatic carbocycles. The summed E-state index contributed by atoms with van der Waals surface area (Å²) in [5.41, 5.74) is -0.0753. The van der Waals surface area contributed by atoms with E-state index in [9.17, 15) is 4.79 Å². The fourth-order valence-corrected chi connectivity index (χ4v) is 2.55. The van der Waals surface area contributed by atoms with Gasteiger partial charge < -0.3 is 9.88 Å². The Bertz CT molecular complexity index is 360. The van der Waals surface area contributed by atoms with Gasteiger partial charge in [-0.2, -0.15) is 0 Å². The molecule has 0 bridgehead atoms. The molecule has 1 fully saturated rings. The molecule has 1 aliphatic rings. The van der Waals surface area contributed by atoms with Crippen LogP contribution in [0.3, 0.4) is 0 Å². The SMILES string of the molecule is O=c1ccnc(SCCN2CCCC2)[nH]1. The Balaban J connectivity index is 1.75. The Labute approximate surface area is 93.1 Å². The molecule has 0 radical (unpaired) electrons. The van der Waals surface area contributed by atoms with E-state index in [0.717, 1.165) is 17.5 Å². The molecule has 0 spiro atoms. The van der Waals surface area contributed by atoms with Crippen molar-refractivity contribution in [3.05, 3.63) is 22.6 Å². The number of nitrogens with one attached hydrogen (secondary N) is 1. The number of aromatic amines is 1. The number of thioether (sulfide) groups is 1. The zero-order valence-corrected chi connectivity index (χ0v) is 9.42. The van der Waals surface area contributed by atoms with Gasteiger partial charge in [0.1, 0.15) is 0 Å². The van der Waals surface area contributed by atoms with Gasteiger partial charge in [0.2, 0.25) is 0 Å². The molecule has 1 N–H and O–H groups in total. The first-order chi connectivity index (χ1) is 7.34. The number of aromatic nitrogens is 2. The first kappa shape index (κ1) is 10.7. The second kappa shape index (κ2) is 5.32. The quantitative estimate of drug-likeness (QED) is 0.612. The van der Waals surface area contributed by atoms with Gasteiger partial charge in [-0.3, -0.25) is 4.79 Å². The number of hydrogen-bond donors (Lipinski definition) is 1. The first-order valence-corrected chi connectivity index (χ1v) is 6.24. The summed E-state index contributed by atoms with van der Waals surface area (Å²) in [6.45, 7) is 3.53. The lowest BCUT2D eigenvalue weighted by molar-refractivity contribution is 0.362. The summed E-state index contributed by atoms with van der Waals surface area (Å²) >= 11 is 1.61. The molecule has 0 saturated carbocycles. The van der Waals surface area contributed by atoms with E-state index < -0.39 is 0 Å². The summed E-state index contributed by atoms with van der Waals surface area (Å²) in [4.78, 5) is 20.2. The maximum Gasteiger partial charge on any atom is 0.251 e. The molecule has 4 nitrogen and oxygen atoms in total. The average molecular weight is 225 g/mol. The van der Waals surface area contributed by atoms with E-state index in [1.165, 1.54) is 32.0 Å². The average Bonchev–Trinajstić information content (AvgIpc) is 2.71. The van der Waals surface area contributed by atoms with Crippen LogP contribution in [0.4, 0.5) is 0 Å². The minimum absolute atomic E-state index is 0.0753. The van der Waals surface area contributed by atoms with E-state index >= 15 is 0 Å². The van der Waals surface area contributed by atoms with Crippen molar-refractivity contribution < 1.29 is 0 Å². The second-order valence-electron chi connectivity index (χ2n) is 3.64. The molecule has 0 atom stereocenters. The lowest BCUT2D eigenvalue weighted by atomic mass is 10.4.